The normalized spacial score (nSPS) is 15.6. The summed E-state index contributed by atoms with van der Waals surface area (Å²) in [6.07, 6.45) is 2.14. The molecule has 0 bridgehead atoms. The van der Waals surface area contributed by atoms with Gasteiger partial charge in [0.05, 0.1) is 16.4 Å². The van der Waals surface area contributed by atoms with Gasteiger partial charge in [-0.05, 0) is 60.4 Å². The van der Waals surface area contributed by atoms with Gasteiger partial charge in [0.25, 0.3) is 0 Å². The van der Waals surface area contributed by atoms with Crippen molar-refractivity contribution < 1.29 is 14.0 Å². The van der Waals surface area contributed by atoms with Gasteiger partial charge in [0.1, 0.15) is 5.82 Å². The van der Waals surface area contributed by atoms with E-state index in [1.54, 1.807) is 30.5 Å². The lowest BCUT2D eigenvalue weighted by Gasteiger charge is -2.12. The lowest BCUT2D eigenvalue weighted by molar-refractivity contribution is 0.0826. The van der Waals surface area contributed by atoms with Gasteiger partial charge in [0, 0.05) is 35.7 Å². The van der Waals surface area contributed by atoms with Crippen molar-refractivity contribution in [3.63, 3.8) is 0 Å². The Balaban J connectivity index is 1.71. The molecular weight excluding hydrogens is 427 g/mol. The lowest BCUT2D eigenvalue weighted by Crippen LogP contribution is -2.08. The number of aromatic nitrogens is 1. The zero-order chi connectivity index (χ0) is 22.8. The number of Topliss-reactive ketones (excluding diaryl/α,β-unsaturated/α-hetero) is 1. The van der Waals surface area contributed by atoms with Crippen LogP contribution in [-0.2, 0) is 4.84 Å². The Kier molecular flexibility index (Phi) is 6.38. The standard InChI is InChI=1S/C26H24ClFN2O2/c1-15(2)8-25(31)19-11-17(21-6-4-16(3)9-22(21)28)10-18(12-19)24-13-26(32-30-24)23-7-5-20(27)14-29-23/h4-7,9-12,14-15,26H,8,13H2,1-3H3. The van der Waals surface area contributed by atoms with Gasteiger partial charge in [-0.3, -0.25) is 9.78 Å². The summed E-state index contributed by atoms with van der Waals surface area (Å²) in [5, 5.41) is 4.81. The van der Waals surface area contributed by atoms with Crippen LogP contribution in [0.3, 0.4) is 0 Å². The number of hydrogen-bond acceptors (Lipinski definition) is 4. The molecule has 3 aromatic rings. The lowest BCUT2D eigenvalue weighted by atomic mass is 9.92. The molecule has 0 saturated carbocycles. The predicted molar refractivity (Wildman–Crippen MR) is 125 cm³/mol. The van der Waals surface area contributed by atoms with E-state index in [1.165, 1.54) is 6.07 Å². The molecule has 4 rings (SSSR count). The average Bonchev–Trinajstić information content (AvgIpc) is 3.24. The summed E-state index contributed by atoms with van der Waals surface area (Å²) >= 11 is 5.93. The van der Waals surface area contributed by atoms with Gasteiger partial charge in [-0.15, -0.1) is 0 Å². The molecule has 1 aromatic heterocycles. The van der Waals surface area contributed by atoms with Crippen LogP contribution in [0.4, 0.5) is 4.39 Å². The topological polar surface area (TPSA) is 51.5 Å². The zero-order valence-corrected chi connectivity index (χ0v) is 19.0. The quantitative estimate of drug-likeness (QED) is 0.382. The molecule has 1 unspecified atom stereocenters. The average molecular weight is 451 g/mol. The number of carbonyl (C=O) groups is 1. The predicted octanol–water partition coefficient (Wildman–Crippen LogP) is 6.94. The molecule has 2 heterocycles. The van der Waals surface area contributed by atoms with Crippen molar-refractivity contribution in [1.29, 1.82) is 0 Å². The van der Waals surface area contributed by atoms with Crippen LogP contribution >= 0.6 is 11.6 Å². The minimum absolute atomic E-state index is 0.0195. The summed E-state index contributed by atoms with van der Waals surface area (Å²) in [5.41, 5.74) is 4.64. The van der Waals surface area contributed by atoms with Crippen LogP contribution in [0.1, 0.15) is 60.0 Å². The number of oxime groups is 1. The van der Waals surface area contributed by atoms with Crippen LogP contribution in [0.2, 0.25) is 5.02 Å². The first-order valence-electron chi connectivity index (χ1n) is 10.6. The summed E-state index contributed by atoms with van der Waals surface area (Å²) in [5.74, 6) is -0.0819. The van der Waals surface area contributed by atoms with E-state index in [1.807, 2.05) is 39.0 Å². The van der Waals surface area contributed by atoms with E-state index in [2.05, 4.69) is 10.1 Å². The molecule has 0 spiro atoms. The summed E-state index contributed by atoms with van der Waals surface area (Å²) < 4.78 is 14.7. The van der Waals surface area contributed by atoms with Crippen LogP contribution in [0.25, 0.3) is 11.1 Å². The Morgan fingerprint density at radius 2 is 1.94 bits per heavy atom. The molecule has 2 aromatic carbocycles. The third kappa shape index (κ3) is 4.89. The van der Waals surface area contributed by atoms with Crippen LogP contribution in [0.5, 0.6) is 0 Å². The number of aryl methyl sites for hydroxylation is 1. The second-order valence-corrected chi connectivity index (χ2v) is 8.98. The van der Waals surface area contributed by atoms with E-state index in [9.17, 15) is 9.18 Å². The van der Waals surface area contributed by atoms with E-state index >= 15 is 0 Å². The molecule has 0 N–H and O–H groups in total. The number of pyridine rings is 1. The first-order chi connectivity index (χ1) is 15.3. The van der Waals surface area contributed by atoms with E-state index in [-0.39, 0.29) is 23.6 Å². The highest BCUT2D eigenvalue weighted by molar-refractivity contribution is 6.30. The van der Waals surface area contributed by atoms with Gasteiger partial charge in [-0.2, -0.15) is 0 Å². The van der Waals surface area contributed by atoms with E-state index < -0.39 is 0 Å². The Morgan fingerprint density at radius 3 is 2.62 bits per heavy atom. The number of carbonyl (C=O) groups excluding carboxylic acids is 1. The maximum atomic E-state index is 14.7. The number of nitrogens with zero attached hydrogens (tertiary/aromatic N) is 2. The van der Waals surface area contributed by atoms with Crippen molar-refractivity contribution in [3.8, 4) is 11.1 Å². The Hall–Kier alpha value is -3.05. The summed E-state index contributed by atoms with van der Waals surface area (Å²) in [6, 6.07) is 14.1. The van der Waals surface area contributed by atoms with Crippen molar-refractivity contribution in [3.05, 3.63) is 88.0 Å². The van der Waals surface area contributed by atoms with Crippen LogP contribution in [0, 0.1) is 18.7 Å². The second kappa shape index (κ2) is 9.21. The molecule has 164 valence electrons. The van der Waals surface area contributed by atoms with Crippen LogP contribution < -0.4 is 0 Å². The summed E-state index contributed by atoms with van der Waals surface area (Å²) in [7, 11) is 0. The highest BCUT2D eigenvalue weighted by Gasteiger charge is 2.26. The maximum Gasteiger partial charge on any atom is 0.174 e. The summed E-state index contributed by atoms with van der Waals surface area (Å²) in [6.45, 7) is 5.85. The van der Waals surface area contributed by atoms with Gasteiger partial charge in [-0.1, -0.05) is 42.7 Å². The number of hydrogen-bond donors (Lipinski definition) is 0. The van der Waals surface area contributed by atoms with Gasteiger partial charge in [0.15, 0.2) is 11.9 Å². The number of rotatable bonds is 6. The number of ketones is 1. The first-order valence-corrected chi connectivity index (χ1v) is 11.0. The highest BCUT2D eigenvalue weighted by Crippen LogP contribution is 2.32. The third-order valence-electron chi connectivity index (χ3n) is 5.37. The van der Waals surface area contributed by atoms with E-state index in [0.29, 0.717) is 40.3 Å². The van der Waals surface area contributed by atoms with E-state index in [4.69, 9.17) is 16.4 Å². The monoisotopic (exact) mass is 450 g/mol. The molecule has 0 aliphatic carbocycles. The fourth-order valence-electron chi connectivity index (χ4n) is 3.74. The molecular formula is C26H24ClFN2O2. The second-order valence-electron chi connectivity index (χ2n) is 8.54. The van der Waals surface area contributed by atoms with Crippen molar-refractivity contribution >= 4 is 23.1 Å². The first kappa shape index (κ1) is 22.2. The number of benzene rings is 2. The largest absolute Gasteiger partial charge is 0.385 e. The van der Waals surface area contributed by atoms with Crippen molar-refractivity contribution in [2.24, 2.45) is 11.1 Å². The Bertz CT molecular complexity index is 1190. The minimum atomic E-state index is -0.336. The van der Waals surface area contributed by atoms with Gasteiger partial charge >= 0.3 is 0 Å². The molecule has 0 amide bonds. The molecule has 1 aliphatic rings. The van der Waals surface area contributed by atoms with Crippen LogP contribution in [-0.4, -0.2) is 16.5 Å². The van der Waals surface area contributed by atoms with Crippen molar-refractivity contribution in [2.45, 2.75) is 39.7 Å². The number of halogens is 2. The fourth-order valence-corrected chi connectivity index (χ4v) is 3.85. The summed E-state index contributed by atoms with van der Waals surface area (Å²) in [4.78, 5) is 22.8. The van der Waals surface area contributed by atoms with Crippen molar-refractivity contribution in [1.82, 2.24) is 4.98 Å². The van der Waals surface area contributed by atoms with Gasteiger partial charge in [0.2, 0.25) is 0 Å². The molecule has 32 heavy (non-hydrogen) atoms. The van der Waals surface area contributed by atoms with Crippen LogP contribution in [0.15, 0.2) is 59.9 Å². The molecule has 6 heteroatoms. The minimum Gasteiger partial charge on any atom is -0.385 e. The molecule has 0 radical (unpaired) electrons. The Labute approximate surface area is 192 Å². The molecule has 0 fully saturated rings. The SMILES string of the molecule is Cc1ccc(-c2cc(C(=O)CC(C)C)cc(C3=NOC(c4ccc(Cl)cn4)C3)c2)c(F)c1. The maximum absolute atomic E-state index is 14.7. The van der Waals surface area contributed by atoms with Gasteiger partial charge < -0.3 is 4.84 Å². The van der Waals surface area contributed by atoms with Gasteiger partial charge in [-0.25, -0.2) is 4.39 Å². The van der Waals surface area contributed by atoms with Crippen molar-refractivity contribution in [2.75, 3.05) is 0 Å². The molecule has 0 saturated heterocycles. The smallest absolute Gasteiger partial charge is 0.174 e. The van der Waals surface area contributed by atoms with E-state index in [0.717, 1.165) is 16.8 Å². The zero-order valence-electron chi connectivity index (χ0n) is 18.2. The molecule has 1 atom stereocenters. The third-order valence-corrected chi connectivity index (χ3v) is 5.59. The fraction of sp³-hybridized carbons (Fsp3) is 0.269. The highest BCUT2D eigenvalue weighted by atomic mass is 35.5. The molecule has 1 aliphatic heterocycles. The Morgan fingerprint density at radius 1 is 1.16 bits per heavy atom. The molecule has 4 nitrogen and oxygen atoms in total.